The molecule has 0 atom stereocenters. The Morgan fingerprint density at radius 1 is 1.12 bits per heavy atom. The van der Waals surface area contributed by atoms with Crippen molar-refractivity contribution in [1.29, 1.82) is 0 Å². The van der Waals surface area contributed by atoms with Gasteiger partial charge in [-0.1, -0.05) is 35.9 Å². The van der Waals surface area contributed by atoms with E-state index in [1.165, 1.54) is 0 Å². The SMILES string of the molecule is O=C(Nc1ccccc1)c1cn2c(n1)C=CN(c1cccc(Cl)c1)C2. The third-order valence-electron chi connectivity index (χ3n) is 3.92. The smallest absolute Gasteiger partial charge is 0.275 e. The molecule has 1 amide bonds. The Morgan fingerprint density at radius 3 is 2.76 bits per heavy atom. The minimum atomic E-state index is -0.226. The van der Waals surface area contributed by atoms with Crippen LogP contribution in [-0.2, 0) is 6.67 Å². The third-order valence-corrected chi connectivity index (χ3v) is 4.15. The number of amides is 1. The van der Waals surface area contributed by atoms with Crippen molar-refractivity contribution in [3.8, 4) is 0 Å². The number of hydrogen-bond acceptors (Lipinski definition) is 3. The maximum Gasteiger partial charge on any atom is 0.275 e. The molecule has 0 unspecified atom stereocenters. The number of carbonyl (C=O) groups is 1. The van der Waals surface area contributed by atoms with Gasteiger partial charge in [0, 0.05) is 28.8 Å². The topological polar surface area (TPSA) is 50.2 Å². The first kappa shape index (κ1) is 15.5. The minimum Gasteiger partial charge on any atom is -0.329 e. The number of hydrogen-bond donors (Lipinski definition) is 1. The Labute approximate surface area is 150 Å². The molecule has 4 rings (SSSR count). The number of aromatic nitrogens is 2. The van der Waals surface area contributed by atoms with E-state index in [0.717, 1.165) is 17.2 Å². The summed E-state index contributed by atoms with van der Waals surface area (Å²) in [6, 6.07) is 17.0. The molecule has 5 nitrogen and oxygen atoms in total. The summed E-state index contributed by atoms with van der Waals surface area (Å²) in [5.74, 6) is 0.521. The molecule has 1 aliphatic rings. The summed E-state index contributed by atoms with van der Waals surface area (Å²) in [7, 11) is 0. The zero-order valence-electron chi connectivity index (χ0n) is 13.3. The van der Waals surface area contributed by atoms with Crippen LogP contribution < -0.4 is 10.2 Å². The highest BCUT2D eigenvalue weighted by Crippen LogP contribution is 2.24. The molecule has 6 heteroatoms. The zero-order chi connectivity index (χ0) is 17.2. The van der Waals surface area contributed by atoms with Gasteiger partial charge >= 0.3 is 0 Å². The Morgan fingerprint density at radius 2 is 1.96 bits per heavy atom. The predicted molar refractivity (Wildman–Crippen MR) is 99.6 cm³/mol. The molecule has 0 spiro atoms. The standard InChI is InChI=1S/C19H15ClN4O/c20-14-5-4-8-16(11-14)23-10-9-18-22-17(12-24(18)13-23)19(25)21-15-6-2-1-3-7-15/h1-12H,13H2,(H,21,25). The van der Waals surface area contributed by atoms with Crippen LogP contribution in [0.2, 0.25) is 5.02 Å². The minimum absolute atomic E-state index is 0.226. The molecule has 0 radical (unpaired) electrons. The lowest BCUT2D eigenvalue weighted by molar-refractivity contribution is 0.102. The molecule has 2 aromatic carbocycles. The van der Waals surface area contributed by atoms with E-state index in [2.05, 4.69) is 10.3 Å². The van der Waals surface area contributed by atoms with Gasteiger partial charge in [0.05, 0.1) is 0 Å². The van der Waals surface area contributed by atoms with Crippen LogP contribution in [0.5, 0.6) is 0 Å². The van der Waals surface area contributed by atoms with Crippen molar-refractivity contribution < 1.29 is 4.79 Å². The highest BCUT2D eigenvalue weighted by atomic mass is 35.5. The molecule has 0 bridgehead atoms. The molecular weight excluding hydrogens is 336 g/mol. The molecule has 1 N–H and O–H groups in total. The second-order valence-corrected chi connectivity index (χ2v) is 6.12. The van der Waals surface area contributed by atoms with Gasteiger partial charge < -0.3 is 14.8 Å². The highest BCUT2D eigenvalue weighted by Gasteiger charge is 2.18. The molecule has 3 aromatic rings. The van der Waals surface area contributed by atoms with E-state index in [0.29, 0.717) is 17.4 Å². The van der Waals surface area contributed by atoms with Crippen LogP contribution in [0.4, 0.5) is 11.4 Å². The number of anilines is 2. The fourth-order valence-corrected chi connectivity index (χ4v) is 2.88. The number of benzene rings is 2. The van der Waals surface area contributed by atoms with Gasteiger partial charge in [0.1, 0.15) is 18.2 Å². The fourth-order valence-electron chi connectivity index (χ4n) is 2.69. The van der Waals surface area contributed by atoms with Gasteiger partial charge in [-0.2, -0.15) is 0 Å². The first-order valence-corrected chi connectivity index (χ1v) is 8.21. The summed E-state index contributed by atoms with van der Waals surface area (Å²) in [4.78, 5) is 18.8. The molecule has 124 valence electrons. The maximum atomic E-state index is 12.4. The van der Waals surface area contributed by atoms with E-state index in [1.54, 1.807) is 6.20 Å². The Hall–Kier alpha value is -3.05. The first-order valence-electron chi connectivity index (χ1n) is 7.83. The number of nitrogens with zero attached hydrogens (tertiary/aromatic N) is 3. The van der Waals surface area contributed by atoms with Crippen LogP contribution in [-0.4, -0.2) is 15.5 Å². The third kappa shape index (κ3) is 3.27. The number of fused-ring (bicyclic) bond motifs is 1. The number of carbonyl (C=O) groups excluding carboxylic acids is 1. The second-order valence-electron chi connectivity index (χ2n) is 5.68. The van der Waals surface area contributed by atoms with E-state index in [1.807, 2.05) is 76.3 Å². The van der Waals surface area contributed by atoms with Crippen molar-refractivity contribution in [3.05, 3.63) is 83.5 Å². The number of rotatable bonds is 3. The molecule has 25 heavy (non-hydrogen) atoms. The van der Waals surface area contributed by atoms with Gasteiger partial charge in [-0.15, -0.1) is 0 Å². The summed E-state index contributed by atoms with van der Waals surface area (Å²) < 4.78 is 1.93. The summed E-state index contributed by atoms with van der Waals surface area (Å²) in [5, 5.41) is 3.53. The van der Waals surface area contributed by atoms with Gasteiger partial charge in [-0.25, -0.2) is 4.98 Å². The van der Waals surface area contributed by atoms with Crippen LogP contribution >= 0.6 is 11.6 Å². The van der Waals surface area contributed by atoms with Crippen LogP contribution in [0, 0.1) is 0 Å². The van der Waals surface area contributed by atoms with Gasteiger partial charge in [0.2, 0.25) is 0 Å². The average Bonchev–Trinajstić information content (AvgIpc) is 3.06. The van der Waals surface area contributed by atoms with Gasteiger partial charge in [-0.3, -0.25) is 4.79 Å². The lowest BCUT2D eigenvalue weighted by Gasteiger charge is -2.25. The number of imidazole rings is 1. The summed E-state index contributed by atoms with van der Waals surface area (Å²) in [6.45, 7) is 0.567. The lowest BCUT2D eigenvalue weighted by Crippen LogP contribution is -2.23. The monoisotopic (exact) mass is 350 g/mol. The Balaban J connectivity index is 1.53. The van der Waals surface area contributed by atoms with E-state index >= 15 is 0 Å². The van der Waals surface area contributed by atoms with E-state index in [9.17, 15) is 4.79 Å². The van der Waals surface area contributed by atoms with Crippen LogP contribution in [0.3, 0.4) is 0 Å². The molecule has 0 fully saturated rings. The Bertz CT molecular complexity index is 949. The van der Waals surface area contributed by atoms with Gasteiger partial charge in [-0.05, 0) is 36.4 Å². The summed E-state index contributed by atoms with van der Waals surface area (Å²) >= 11 is 6.06. The van der Waals surface area contributed by atoms with Crippen LogP contribution in [0.25, 0.3) is 6.08 Å². The Kier molecular flexibility index (Phi) is 3.99. The van der Waals surface area contributed by atoms with Gasteiger partial charge in [0.25, 0.3) is 5.91 Å². The van der Waals surface area contributed by atoms with Crippen LogP contribution in [0.15, 0.2) is 67.0 Å². The number of halogens is 1. The van der Waals surface area contributed by atoms with Crippen molar-refractivity contribution in [1.82, 2.24) is 9.55 Å². The average molecular weight is 351 g/mol. The molecule has 0 aliphatic carbocycles. The molecule has 0 saturated heterocycles. The van der Waals surface area contributed by atoms with Gasteiger partial charge in [0.15, 0.2) is 0 Å². The zero-order valence-corrected chi connectivity index (χ0v) is 14.0. The fraction of sp³-hybridized carbons (Fsp3) is 0.0526. The predicted octanol–water partition coefficient (Wildman–Crippen LogP) is 4.24. The lowest BCUT2D eigenvalue weighted by atomic mass is 10.3. The van der Waals surface area contributed by atoms with E-state index in [-0.39, 0.29) is 5.91 Å². The maximum absolute atomic E-state index is 12.4. The second kappa shape index (κ2) is 6.45. The van der Waals surface area contributed by atoms with Crippen molar-refractivity contribution in [2.24, 2.45) is 0 Å². The molecule has 1 aliphatic heterocycles. The van der Waals surface area contributed by atoms with Crippen molar-refractivity contribution in [3.63, 3.8) is 0 Å². The number of nitrogens with one attached hydrogen (secondary N) is 1. The summed E-state index contributed by atoms with van der Waals surface area (Å²) in [5.41, 5.74) is 2.12. The van der Waals surface area contributed by atoms with Crippen molar-refractivity contribution in [2.75, 3.05) is 10.2 Å². The van der Waals surface area contributed by atoms with E-state index in [4.69, 9.17) is 11.6 Å². The van der Waals surface area contributed by atoms with E-state index < -0.39 is 0 Å². The normalized spacial score (nSPS) is 12.8. The van der Waals surface area contributed by atoms with Crippen molar-refractivity contribution >= 4 is 35.0 Å². The van der Waals surface area contributed by atoms with Crippen LogP contribution in [0.1, 0.15) is 16.3 Å². The first-order chi connectivity index (χ1) is 12.2. The largest absolute Gasteiger partial charge is 0.329 e. The molecule has 1 aromatic heterocycles. The molecule has 0 saturated carbocycles. The quantitative estimate of drug-likeness (QED) is 0.768. The molecule has 2 heterocycles. The van der Waals surface area contributed by atoms with Crippen molar-refractivity contribution in [2.45, 2.75) is 6.67 Å². The summed E-state index contributed by atoms with van der Waals surface area (Å²) in [6.07, 6.45) is 5.57. The molecular formula is C19H15ClN4O. The number of para-hydroxylation sites is 1. The highest BCUT2D eigenvalue weighted by molar-refractivity contribution is 6.30.